The lowest BCUT2D eigenvalue weighted by molar-refractivity contribution is 0.469. The van der Waals surface area contributed by atoms with Crippen LogP contribution in [0.15, 0.2) is 78.9 Å². The molecular formula is C24H18ClNO. The number of phenolic OH excluding ortho intramolecular Hbond substituents is 1. The number of nitrogens with zero attached hydrogens (tertiary/aromatic N) is 1. The van der Waals surface area contributed by atoms with E-state index in [0.717, 1.165) is 33.3 Å². The van der Waals surface area contributed by atoms with E-state index in [-0.39, 0.29) is 0 Å². The van der Waals surface area contributed by atoms with Crippen LogP contribution in [0.3, 0.4) is 0 Å². The molecule has 0 spiro atoms. The van der Waals surface area contributed by atoms with Crippen LogP contribution < -0.4 is 0 Å². The van der Waals surface area contributed by atoms with Gasteiger partial charge in [-0.25, -0.2) is 4.98 Å². The molecule has 1 N–H and O–H groups in total. The van der Waals surface area contributed by atoms with Gasteiger partial charge in [-0.2, -0.15) is 0 Å². The van der Waals surface area contributed by atoms with Crippen LogP contribution in [0.5, 0.6) is 5.75 Å². The summed E-state index contributed by atoms with van der Waals surface area (Å²) in [4.78, 5) is 4.65. The van der Waals surface area contributed by atoms with Crippen molar-refractivity contribution in [3.05, 3.63) is 106 Å². The molecule has 3 aromatic carbocycles. The fraction of sp³-hybridized carbons (Fsp3) is 0.0417. The molecule has 0 saturated carbocycles. The Hall–Kier alpha value is -3.10. The molecule has 0 unspecified atom stereocenters. The number of hydrogen-bond acceptors (Lipinski definition) is 2. The Morgan fingerprint density at radius 3 is 2.59 bits per heavy atom. The number of hydrogen-bond donors (Lipinski definition) is 1. The third-order valence-corrected chi connectivity index (χ3v) is 4.69. The summed E-state index contributed by atoms with van der Waals surface area (Å²) in [6, 6.07) is 25.5. The molecule has 4 aromatic rings. The van der Waals surface area contributed by atoms with Gasteiger partial charge in [-0.1, -0.05) is 72.3 Å². The van der Waals surface area contributed by atoms with Gasteiger partial charge in [0.15, 0.2) is 0 Å². The van der Waals surface area contributed by atoms with E-state index in [9.17, 15) is 5.11 Å². The number of fused-ring (bicyclic) bond motifs is 1. The molecule has 1 aromatic heterocycles. The second kappa shape index (κ2) is 7.65. The molecule has 3 heteroatoms. The van der Waals surface area contributed by atoms with Crippen molar-refractivity contribution in [1.82, 2.24) is 4.98 Å². The minimum absolute atomic E-state index is 0.331. The number of rotatable bonds is 4. The molecule has 2 nitrogen and oxygen atoms in total. The van der Waals surface area contributed by atoms with Crippen molar-refractivity contribution in [2.24, 2.45) is 0 Å². The molecule has 0 atom stereocenters. The van der Waals surface area contributed by atoms with Gasteiger partial charge in [0.05, 0.1) is 11.2 Å². The van der Waals surface area contributed by atoms with Crippen molar-refractivity contribution in [2.75, 3.05) is 0 Å². The van der Waals surface area contributed by atoms with Gasteiger partial charge >= 0.3 is 0 Å². The standard InChI is InChI=1S/C24H18ClNO/c25-21-11-9-19-10-13-22(26-23(19)16-21)12-8-17-4-3-5-18(14-17)15-20-6-1-2-7-24(20)27/h1-14,16,27H,15H2/b12-8+. The number of aromatic nitrogens is 1. The molecule has 1 heterocycles. The van der Waals surface area contributed by atoms with Gasteiger partial charge < -0.3 is 5.11 Å². The summed E-state index contributed by atoms with van der Waals surface area (Å²) < 4.78 is 0. The molecule has 0 aliphatic rings. The molecule has 0 amide bonds. The van der Waals surface area contributed by atoms with Crippen molar-refractivity contribution in [2.45, 2.75) is 6.42 Å². The van der Waals surface area contributed by atoms with Crippen molar-refractivity contribution < 1.29 is 5.11 Å². The van der Waals surface area contributed by atoms with Gasteiger partial charge in [0.2, 0.25) is 0 Å². The van der Waals surface area contributed by atoms with Crippen molar-refractivity contribution in [3.8, 4) is 5.75 Å². The maximum absolute atomic E-state index is 9.97. The Labute approximate surface area is 163 Å². The minimum Gasteiger partial charge on any atom is -0.508 e. The first kappa shape index (κ1) is 17.3. The summed E-state index contributed by atoms with van der Waals surface area (Å²) in [5.74, 6) is 0.331. The summed E-state index contributed by atoms with van der Waals surface area (Å²) in [6.07, 6.45) is 4.74. The number of aromatic hydroxyl groups is 1. The molecule has 132 valence electrons. The van der Waals surface area contributed by atoms with Crippen LogP contribution in [0.1, 0.15) is 22.4 Å². The molecule has 0 aliphatic carbocycles. The lowest BCUT2D eigenvalue weighted by Gasteiger charge is -2.05. The monoisotopic (exact) mass is 371 g/mol. The lowest BCUT2D eigenvalue weighted by atomic mass is 10.0. The molecular weight excluding hydrogens is 354 g/mol. The highest BCUT2D eigenvalue weighted by Crippen LogP contribution is 2.21. The van der Waals surface area contributed by atoms with Crippen LogP contribution in [-0.4, -0.2) is 10.1 Å². The third-order valence-electron chi connectivity index (χ3n) is 4.46. The Bertz CT molecular complexity index is 1130. The Kier molecular flexibility index (Phi) is 4.91. The van der Waals surface area contributed by atoms with Crippen LogP contribution in [0.2, 0.25) is 5.02 Å². The van der Waals surface area contributed by atoms with Crippen LogP contribution in [-0.2, 0) is 6.42 Å². The predicted molar refractivity (Wildman–Crippen MR) is 113 cm³/mol. The normalized spacial score (nSPS) is 11.3. The van der Waals surface area contributed by atoms with Gasteiger partial charge in [-0.15, -0.1) is 0 Å². The Morgan fingerprint density at radius 2 is 1.70 bits per heavy atom. The summed E-state index contributed by atoms with van der Waals surface area (Å²) in [5.41, 5.74) is 4.94. The van der Waals surface area contributed by atoms with Gasteiger partial charge in [0.1, 0.15) is 5.75 Å². The molecule has 0 fully saturated rings. The first-order chi connectivity index (χ1) is 13.2. The molecule has 0 radical (unpaired) electrons. The zero-order chi connectivity index (χ0) is 18.6. The van der Waals surface area contributed by atoms with Gasteiger partial charge in [0.25, 0.3) is 0 Å². The smallest absolute Gasteiger partial charge is 0.119 e. The van der Waals surface area contributed by atoms with Crippen molar-refractivity contribution in [3.63, 3.8) is 0 Å². The summed E-state index contributed by atoms with van der Waals surface area (Å²) in [7, 11) is 0. The lowest BCUT2D eigenvalue weighted by Crippen LogP contribution is -1.89. The summed E-state index contributed by atoms with van der Waals surface area (Å²) >= 11 is 6.06. The minimum atomic E-state index is 0.331. The molecule has 0 bridgehead atoms. The van der Waals surface area contributed by atoms with Gasteiger partial charge in [-0.3, -0.25) is 0 Å². The van der Waals surface area contributed by atoms with Gasteiger partial charge in [-0.05, 0) is 47.0 Å². The van der Waals surface area contributed by atoms with Crippen molar-refractivity contribution >= 4 is 34.7 Å². The second-order valence-corrected chi connectivity index (χ2v) is 6.89. The van der Waals surface area contributed by atoms with E-state index in [0.29, 0.717) is 17.2 Å². The molecule has 4 rings (SSSR count). The molecule has 0 aliphatic heterocycles. The average molecular weight is 372 g/mol. The van der Waals surface area contributed by atoms with Crippen LogP contribution >= 0.6 is 11.6 Å². The molecule has 27 heavy (non-hydrogen) atoms. The molecule has 0 saturated heterocycles. The third kappa shape index (κ3) is 4.18. The zero-order valence-electron chi connectivity index (χ0n) is 14.6. The Balaban J connectivity index is 1.56. The van der Waals surface area contributed by atoms with E-state index in [1.54, 1.807) is 6.07 Å². The predicted octanol–water partition coefficient (Wildman–Crippen LogP) is 6.36. The number of phenols is 1. The quantitative estimate of drug-likeness (QED) is 0.453. The van der Waals surface area contributed by atoms with Crippen LogP contribution in [0.25, 0.3) is 23.1 Å². The largest absolute Gasteiger partial charge is 0.508 e. The van der Waals surface area contributed by atoms with E-state index >= 15 is 0 Å². The fourth-order valence-electron chi connectivity index (χ4n) is 3.07. The highest BCUT2D eigenvalue weighted by atomic mass is 35.5. The van der Waals surface area contributed by atoms with E-state index in [1.165, 1.54) is 0 Å². The Morgan fingerprint density at radius 1 is 0.852 bits per heavy atom. The number of para-hydroxylation sites is 1. The van der Waals surface area contributed by atoms with E-state index < -0.39 is 0 Å². The van der Waals surface area contributed by atoms with Crippen LogP contribution in [0.4, 0.5) is 0 Å². The van der Waals surface area contributed by atoms with Crippen LogP contribution in [0, 0.1) is 0 Å². The fourth-order valence-corrected chi connectivity index (χ4v) is 3.23. The van der Waals surface area contributed by atoms with Gasteiger partial charge in [0, 0.05) is 16.8 Å². The first-order valence-electron chi connectivity index (χ1n) is 8.78. The summed E-state index contributed by atoms with van der Waals surface area (Å²) in [5, 5.41) is 11.7. The van der Waals surface area contributed by atoms with E-state index in [4.69, 9.17) is 11.6 Å². The maximum Gasteiger partial charge on any atom is 0.119 e. The maximum atomic E-state index is 9.97. The second-order valence-electron chi connectivity index (χ2n) is 6.46. The zero-order valence-corrected chi connectivity index (χ0v) is 15.4. The number of halogens is 1. The highest BCUT2D eigenvalue weighted by molar-refractivity contribution is 6.31. The first-order valence-corrected chi connectivity index (χ1v) is 9.15. The van der Waals surface area contributed by atoms with E-state index in [1.807, 2.05) is 66.7 Å². The number of benzene rings is 3. The topological polar surface area (TPSA) is 33.1 Å². The SMILES string of the molecule is Oc1ccccc1Cc1cccc(/C=C/c2ccc3ccc(Cl)cc3n2)c1. The summed E-state index contributed by atoms with van der Waals surface area (Å²) in [6.45, 7) is 0. The number of pyridine rings is 1. The average Bonchev–Trinajstić information content (AvgIpc) is 2.68. The van der Waals surface area contributed by atoms with Crippen molar-refractivity contribution in [1.29, 1.82) is 0 Å². The van der Waals surface area contributed by atoms with E-state index in [2.05, 4.69) is 23.2 Å². The highest BCUT2D eigenvalue weighted by Gasteiger charge is 2.02.